The summed E-state index contributed by atoms with van der Waals surface area (Å²) in [5, 5.41) is 7.73. The molecule has 4 heterocycles. The van der Waals surface area contributed by atoms with Crippen molar-refractivity contribution in [2.45, 2.75) is 129 Å². The van der Waals surface area contributed by atoms with Gasteiger partial charge in [-0.1, -0.05) is 50.6 Å². The zero-order valence-electron chi connectivity index (χ0n) is 25.5. The molecule has 1 aliphatic heterocycles. The summed E-state index contributed by atoms with van der Waals surface area (Å²) in [7, 11) is 0. The van der Waals surface area contributed by atoms with E-state index in [9.17, 15) is 4.79 Å². The van der Waals surface area contributed by atoms with Crippen molar-refractivity contribution in [3.63, 3.8) is 0 Å². The number of hydrogen-bond acceptors (Lipinski definition) is 8. The Kier molecular flexibility index (Phi) is 7.97. The number of rotatable bonds is 8. The van der Waals surface area contributed by atoms with E-state index >= 15 is 0 Å². The van der Waals surface area contributed by atoms with Gasteiger partial charge in [-0.15, -0.1) is 0 Å². The van der Waals surface area contributed by atoms with Crippen LogP contribution >= 0.6 is 0 Å². The average Bonchev–Trinajstić information content (AvgIpc) is 3.57. The summed E-state index contributed by atoms with van der Waals surface area (Å²) in [6.45, 7) is 6.65. The lowest BCUT2D eigenvalue weighted by molar-refractivity contribution is 0.252. The highest BCUT2D eigenvalue weighted by atomic mass is 16.5. The maximum absolute atomic E-state index is 11.8. The normalized spacial score (nSPS) is 26.8. The monoisotopic (exact) mass is 576 g/mol. The van der Waals surface area contributed by atoms with Gasteiger partial charge < -0.3 is 14.8 Å². The molecule has 4 fully saturated rings. The van der Waals surface area contributed by atoms with Gasteiger partial charge in [-0.3, -0.25) is 9.51 Å². The molecule has 10 nitrogen and oxygen atoms in total. The molecule has 3 aromatic rings. The summed E-state index contributed by atoms with van der Waals surface area (Å²) >= 11 is 0. The van der Waals surface area contributed by atoms with Crippen molar-refractivity contribution in [2.75, 3.05) is 16.8 Å². The first-order chi connectivity index (χ1) is 20.5. The van der Waals surface area contributed by atoms with E-state index in [1.165, 1.54) is 96.3 Å². The second kappa shape index (κ2) is 12.0. The van der Waals surface area contributed by atoms with Gasteiger partial charge in [0.05, 0.1) is 0 Å². The number of anilines is 2. The van der Waals surface area contributed by atoms with Crippen LogP contribution in [-0.2, 0) is 6.54 Å². The Morgan fingerprint density at radius 2 is 1.71 bits per heavy atom. The Morgan fingerprint density at radius 1 is 0.929 bits per heavy atom. The molecular weight excluding hydrogens is 528 g/mol. The minimum atomic E-state index is -0.604. The van der Waals surface area contributed by atoms with Crippen LogP contribution in [0.1, 0.15) is 110 Å². The lowest BCUT2D eigenvalue weighted by Crippen LogP contribution is -2.46. The van der Waals surface area contributed by atoms with Crippen LogP contribution < -0.4 is 16.0 Å². The van der Waals surface area contributed by atoms with E-state index in [4.69, 9.17) is 19.5 Å². The van der Waals surface area contributed by atoms with Crippen molar-refractivity contribution < 1.29 is 4.52 Å². The third-order valence-electron chi connectivity index (χ3n) is 11.0. The number of piperidine rings is 1. The van der Waals surface area contributed by atoms with Gasteiger partial charge in [-0.2, -0.15) is 4.98 Å². The van der Waals surface area contributed by atoms with Crippen molar-refractivity contribution in [2.24, 2.45) is 23.7 Å². The van der Waals surface area contributed by atoms with Crippen LogP contribution in [-0.4, -0.2) is 48.3 Å². The fourth-order valence-electron chi connectivity index (χ4n) is 8.21. The number of hydrogen-bond donors (Lipinski definition) is 2. The van der Waals surface area contributed by atoms with Crippen LogP contribution in [0.4, 0.5) is 11.8 Å². The quantitative estimate of drug-likeness (QED) is 0.311. The number of H-pyrrole nitrogens is 1. The van der Waals surface area contributed by atoms with Gasteiger partial charge in [-0.25, -0.2) is 14.8 Å². The van der Waals surface area contributed by atoms with Crippen molar-refractivity contribution in [1.29, 1.82) is 0 Å². The lowest BCUT2D eigenvalue weighted by Gasteiger charge is -2.43. The summed E-state index contributed by atoms with van der Waals surface area (Å²) in [5.74, 6) is 4.67. The molecule has 3 aromatic heterocycles. The molecule has 0 spiro atoms. The Balaban J connectivity index is 1.35. The third kappa shape index (κ3) is 5.57. The van der Waals surface area contributed by atoms with Crippen LogP contribution in [0.2, 0.25) is 0 Å². The first-order valence-electron chi connectivity index (χ1n) is 16.9. The predicted octanol–water partition coefficient (Wildman–Crippen LogP) is 6.54. The summed E-state index contributed by atoms with van der Waals surface area (Å²) in [4.78, 5) is 32.4. The third-order valence-corrected chi connectivity index (χ3v) is 11.0. The Bertz CT molecular complexity index is 1410. The number of aromatic nitrogens is 6. The molecule has 42 heavy (non-hydrogen) atoms. The first-order valence-corrected chi connectivity index (χ1v) is 16.9. The molecule has 3 saturated carbocycles. The molecule has 7 rings (SSSR count). The van der Waals surface area contributed by atoms with Crippen LogP contribution in [0.3, 0.4) is 0 Å². The highest BCUT2D eigenvalue weighted by molar-refractivity contribution is 5.87. The van der Waals surface area contributed by atoms with E-state index in [-0.39, 0.29) is 11.9 Å². The van der Waals surface area contributed by atoms with Gasteiger partial charge in [0, 0.05) is 25.2 Å². The maximum Gasteiger partial charge on any atom is 0.439 e. The molecule has 2 N–H and O–H groups in total. The molecule has 0 radical (unpaired) electrons. The summed E-state index contributed by atoms with van der Waals surface area (Å²) < 4.78 is 7.32. The molecule has 4 aliphatic rings. The molecule has 228 valence electrons. The summed E-state index contributed by atoms with van der Waals surface area (Å²) in [6, 6.07) is 0.819. The highest BCUT2D eigenvalue weighted by Crippen LogP contribution is 2.40. The average molecular weight is 577 g/mol. The van der Waals surface area contributed by atoms with E-state index in [0.29, 0.717) is 29.3 Å². The van der Waals surface area contributed by atoms with E-state index in [0.717, 1.165) is 42.2 Å². The van der Waals surface area contributed by atoms with Crippen LogP contribution in [0, 0.1) is 23.7 Å². The molecule has 10 heteroatoms. The van der Waals surface area contributed by atoms with E-state index in [1.54, 1.807) is 0 Å². The SMILES string of the molecule is CC1CCC(Cn2c(N3CCCCC3C3CCCCC3)nc3nc(-c4noc(=O)[nH]4)nc(N[C@H](C)C4CCC4)c32)CC1. The topological polar surface area (TPSA) is 118 Å². The molecule has 3 aliphatic carbocycles. The van der Waals surface area contributed by atoms with Gasteiger partial charge in [0.25, 0.3) is 0 Å². The van der Waals surface area contributed by atoms with Gasteiger partial charge in [-0.05, 0) is 88.4 Å². The molecule has 1 unspecified atom stereocenters. The summed E-state index contributed by atoms with van der Waals surface area (Å²) in [5.41, 5.74) is 1.68. The minimum absolute atomic E-state index is 0.247. The van der Waals surface area contributed by atoms with E-state index < -0.39 is 5.76 Å². The van der Waals surface area contributed by atoms with Gasteiger partial charge in [0.15, 0.2) is 11.5 Å². The number of aromatic amines is 1. The van der Waals surface area contributed by atoms with Gasteiger partial charge in [0.1, 0.15) is 5.52 Å². The number of nitrogens with one attached hydrogen (secondary N) is 2. The fraction of sp³-hybridized carbons (Fsp3) is 0.781. The Labute approximate surface area is 248 Å². The highest BCUT2D eigenvalue weighted by Gasteiger charge is 2.35. The Hall–Kier alpha value is -2.91. The minimum Gasteiger partial charge on any atom is -0.365 e. The van der Waals surface area contributed by atoms with Crippen LogP contribution in [0.25, 0.3) is 22.8 Å². The lowest BCUT2D eigenvalue weighted by atomic mass is 9.80. The molecule has 0 aromatic carbocycles. The van der Waals surface area contributed by atoms with E-state index in [1.807, 2.05) is 0 Å². The summed E-state index contributed by atoms with van der Waals surface area (Å²) in [6.07, 6.45) is 19.4. The molecule has 0 amide bonds. The van der Waals surface area contributed by atoms with Gasteiger partial charge >= 0.3 is 5.76 Å². The molecule has 0 bridgehead atoms. The molecule has 1 saturated heterocycles. The van der Waals surface area contributed by atoms with Crippen molar-refractivity contribution in [3.05, 3.63) is 10.6 Å². The number of fused-ring (bicyclic) bond motifs is 1. The predicted molar refractivity (Wildman–Crippen MR) is 165 cm³/mol. The number of imidazole rings is 1. The second-order valence-electron chi connectivity index (χ2n) is 13.9. The molecular formula is C32H48N8O2. The van der Waals surface area contributed by atoms with Crippen molar-refractivity contribution in [1.82, 2.24) is 29.7 Å². The van der Waals surface area contributed by atoms with Crippen LogP contribution in [0.5, 0.6) is 0 Å². The smallest absolute Gasteiger partial charge is 0.365 e. The van der Waals surface area contributed by atoms with Crippen molar-refractivity contribution >= 4 is 22.9 Å². The second-order valence-corrected chi connectivity index (χ2v) is 13.9. The van der Waals surface area contributed by atoms with Gasteiger partial charge in [0.2, 0.25) is 17.6 Å². The standard InChI is InChI=1S/C32H48N8O2/c1-20-14-16-22(17-15-20)19-40-26-27(33-21(2)23-11-8-12-23)34-29(30-37-32(41)42-38-30)35-28(26)36-31(40)39-18-7-6-13-25(39)24-9-4-3-5-10-24/h20-25H,3-19H2,1-2H3,(H,33,34,35)(H,37,38,41)/t20?,21-,22?,25?/m1/s1. The zero-order valence-corrected chi connectivity index (χ0v) is 25.5. The molecule has 2 atom stereocenters. The van der Waals surface area contributed by atoms with E-state index in [2.05, 4.69) is 38.8 Å². The first kappa shape index (κ1) is 27.9. The van der Waals surface area contributed by atoms with Crippen molar-refractivity contribution in [3.8, 4) is 11.6 Å². The number of nitrogens with zero attached hydrogens (tertiary/aromatic N) is 6. The zero-order chi connectivity index (χ0) is 28.6. The fourth-order valence-corrected chi connectivity index (χ4v) is 8.21. The van der Waals surface area contributed by atoms with Crippen LogP contribution in [0.15, 0.2) is 9.32 Å². The largest absolute Gasteiger partial charge is 0.439 e. The Morgan fingerprint density at radius 3 is 2.43 bits per heavy atom. The maximum atomic E-state index is 11.8.